The first-order valence-corrected chi connectivity index (χ1v) is 7.74. The first kappa shape index (κ1) is 21.1. The lowest BCUT2D eigenvalue weighted by Crippen LogP contribution is -2.28. The van der Waals surface area contributed by atoms with Gasteiger partial charge < -0.3 is 24.7 Å². The van der Waals surface area contributed by atoms with Crippen LogP contribution in [0.15, 0.2) is 24.3 Å². The predicted octanol–water partition coefficient (Wildman–Crippen LogP) is 0.650. The number of esters is 4. The highest BCUT2D eigenvalue weighted by Gasteiger charge is 2.26. The summed E-state index contributed by atoms with van der Waals surface area (Å²) in [5.41, 5.74) is 5.45. The van der Waals surface area contributed by atoms with Crippen molar-refractivity contribution in [3.05, 3.63) is 29.8 Å². The molecule has 2 unspecified atom stereocenters. The summed E-state index contributed by atoms with van der Waals surface area (Å²) in [5, 5.41) is 0. The van der Waals surface area contributed by atoms with Crippen LogP contribution in [0, 0.1) is 0 Å². The number of ether oxygens (including phenoxy) is 4. The molecule has 142 valence electrons. The molecule has 0 amide bonds. The first-order valence-electron chi connectivity index (χ1n) is 7.74. The summed E-state index contributed by atoms with van der Waals surface area (Å²) in [5.74, 6) is -2.37. The molecule has 0 saturated carbocycles. The minimum Gasteiger partial charge on any atom is -0.459 e. The van der Waals surface area contributed by atoms with Gasteiger partial charge in [0.15, 0.2) is 0 Å². The van der Waals surface area contributed by atoms with Crippen LogP contribution in [0.2, 0.25) is 0 Å². The van der Waals surface area contributed by atoms with Crippen LogP contribution >= 0.6 is 0 Å². The molecular weight excluding hydrogens is 346 g/mol. The third-order valence-corrected chi connectivity index (χ3v) is 2.90. The lowest BCUT2D eigenvalue weighted by molar-refractivity contribution is -0.171. The molecule has 9 heteroatoms. The minimum atomic E-state index is -1.31. The predicted molar refractivity (Wildman–Crippen MR) is 87.8 cm³/mol. The van der Waals surface area contributed by atoms with Crippen molar-refractivity contribution >= 4 is 23.9 Å². The summed E-state index contributed by atoms with van der Waals surface area (Å²) in [7, 11) is 0. The van der Waals surface area contributed by atoms with Crippen LogP contribution in [0.1, 0.15) is 32.4 Å². The highest BCUT2D eigenvalue weighted by atomic mass is 16.6. The van der Waals surface area contributed by atoms with Gasteiger partial charge in [-0.15, -0.1) is 0 Å². The number of hydrogen-bond acceptors (Lipinski definition) is 9. The van der Waals surface area contributed by atoms with E-state index in [2.05, 4.69) is 0 Å². The Kier molecular flexibility index (Phi) is 8.23. The fourth-order valence-corrected chi connectivity index (χ4v) is 1.88. The van der Waals surface area contributed by atoms with E-state index in [1.165, 1.54) is 38.1 Å². The maximum atomic E-state index is 12.3. The molecule has 26 heavy (non-hydrogen) atoms. The molecule has 0 aliphatic rings. The van der Waals surface area contributed by atoms with Gasteiger partial charge in [-0.3, -0.25) is 14.4 Å². The van der Waals surface area contributed by atoms with Gasteiger partial charge in [0.2, 0.25) is 6.10 Å². The van der Waals surface area contributed by atoms with Crippen molar-refractivity contribution in [3.8, 4) is 5.75 Å². The van der Waals surface area contributed by atoms with E-state index in [-0.39, 0.29) is 18.9 Å². The Morgan fingerprint density at radius 3 is 2.12 bits per heavy atom. The molecule has 0 aromatic heterocycles. The Hall–Kier alpha value is -2.94. The largest absolute Gasteiger partial charge is 0.459 e. The zero-order valence-electron chi connectivity index (χ0n) is 14.7. The number of benzene rings is 1. The van der Waals surface area contributed by atoms with Crippen molar-refractivity contribution in [2.75, 3.05) is 13.2 Å². The minimum absolute atomic E-state index is 0.228. The molecule has 2 N–H and O–H groups in total. The van der Waals surface area contributed by atoms with Crippen molar-refractivity contribution in [1.82, 2.24) is 0 Å². The number of hydrogen-bond donors (Lipinski definition) is 1. The van der Waals surface area contributed by atoms with Crippen LogP contribution in [-0.2, 0) is 33.4 Å². The third-order valence-electron chi connectivity index (χ3n) is 2.90. The molecule has 0 heterocycles. The second-order valence-electron chi connectivity index (χ2n) is 5.29. The van der Waals surface area contributed by atoms with Gasteiger partial charge in [-0.1, -0.05) is 12.1 Å². The summed E-state index contributed by atoms with van der Waals surface area (Å²) in [6.07, 6.45) is -2.02. The van der Waals surface area contributed by atoms with Crippen LogP contribution in [0.4, 0.5) is 0 Å². The second-order valence-corrected chi connectivity index (χ2v) is 5.29. The van der Waals surface area contributed by atoms with Gasteiger partial charge >= 0.3 is 23.9 Å². The molecular formula is C17H21NO8. The molecule has 1 aromatic rings. The summed E-state index contributed by atoms with van der Waals surface area (Å²) >= 11 is 0. The normalized spacial score (nSPS) is 12.5. The summed E-state index contributed by atoms with van der Waals surface area (Å²) in [4.78, 5) is 45.5. The number of carbonyl (C=O) groups excluding carboxylic acids is 4. The zero-order valence-corrected chi connectivity index (χ0v) is 14.7. The molecule has 0 radical (unpaired) electrons. The highest BCUT2D eigenvalue weighted by Crippen LogP contribution is 2.23. The molecule has 0 saturated heterocycles. The summed E-state index contributed by atoms with van der Waals surface area (Å²) in [6, 6.07) is 5.83. The first-order chi connectivity index (χ1) is 12.2. The average Bonchev–Trinajstić information content (AvgIpc) is 2.57. The van der Waals surface area contributed by atoms with E-state index in [1.807, 2.05) is 0 Å². The Morgan fingerprint density at radius 2 is 1.62 bits per heavy atom. The average molecular weight is 367 g/mol. The molecule has 0 aliphatic heterocycles. The summed E-state index contributed by atoms with van der Waals surface area (Å²) in [6.45, 7) is 3.41. The Balaban J connectivity index is 2.79. The second kappa shape index (κ2) is 10.1. The van der Waals surface area contributed by atoms with Crippen molar-refractivity contribution in [2.24, 2.45) is 5.73 Å². The summed E-state index contributed by atoms with van der Waals surface area (Å²) < 4.78 is 19.8. The van der Waals surface area contributed by atoms with Crippen LogP contribution in [0.5, 0.6) is 5.75 Å². The van der Waals surface area contributed by atoms with Crippen molar-refractivity contribution in [1.29, 1.82) is 0 Å². The Labute approximate surface area is 150 Å². The fraction of sp³-hybridized carbons (Fsp3) is 0.412. The van der Waals surface area contributed by atoms with E-state index < -0.39 is 36.1 Å². The number of nitrogens with two attached hydrogens (primary N) is 1. The van der Waals surface area contributed by atoms with E-state index >= 15 is 0 Å². The lowest BCUT2D eigenvalue weighted by Gasteiger charge is -2.18. The maximum Gasteiger partial charge on any atom is 0.352 e. The smallest absolute Gasteiger partial charge is 0.352 e. The molecule has 1 aromatic carbocycles. The SMILES string of the molecule is CC(=O)Oc1ccc(C(OC(C)=O)C(=O)OCC(C)OC(=O)CN)cc1. The van der Waals surface area contributed by atoms with E-state index in [9.17, 15) is 19.2 Å². The Morgan fingerprint density at radius 1 is 1.00 bits per heavy atom. The monoisotopic (exact) mass is 367 g/mol. The van der Waals surface area contributed by atoms with Crippen molar-refractivity contribution < 1.29 is 38.1 Å². The molecule has 0 fully saturated rings. The number of rotatable bonds is 8. The quantitative estimate of drug-likeness (QED) is 0.399. The van der Waals surface area contributed by atoms with Crippen LogP contribution in [-0.4, -0.2) is 43.1 Å². The molecule has 0 spiro atoms. The highest BCUT2D eigenvalue weighted by molar-refractivity contribution is 5.80. The van der Waals surface area contributed by atoms with Gasteiger partial charge in [0.25, 0.3) is 0 Å². The third kappa shape index (κ3) is 7.31. The standard InChI is InChI=1S/C17H21NO8/c1-10(24-15(21)8-18)9-23-17(22)16(26-12(3)20)13-4-6-14(7-5-13)25-11(2)19/h4-7,10,16H,8-9,18H2,1-3H3. The molecule has 9 nitrogen and oxygen atoms in total. The van der Waals surface area contributed by atoms with Gasteiger partial charge in [-0.05, 0) is 19.1 Å². The van der Waals surface area contributed by atoms with Crippen LogP contribution in [0.25, 0.3) is 0 Å². The fourth-order valence-electron chi connectivity index (χ4n) is 1.88. The van der Waals surface area contributed by atoms with E-state index in [0.29, 0.717) is 5.56 Å². The van der Waals surface area contributed by atoms with E-state index in [4.69, 9.17) is 24.7 Å². The molecule has 1 rings (SSSR count). The van der Waals surface area contributed by atoms with Gasteiger partial charge in [0, 0.05) is 19.4 Å². The Bertz CT molecular complexity index is 655. The maximum absolute atomic E-state index is 12.3. The van der Waals surface area contributed by atoms with E-state index in [1.54, 1.807) is 0 Å². The lowest BCUT2D eigenvalue weighted by atomic mass is 10.1. The molecule has 0 aliphatic carbocycles. The van der Waals surface area contributed by atoms with Gasteiger partial charge in [0.05, 0.1) is 6.54 Å². The van der Waals surface area contributed by atoms with Crippen molar-refractivity contribution in [2.45, 2.75) is 33.0 Å². The van der Waals surface area contributed by atoms with E-state index in [0.717, 1.165) is 6.92 Å². The van der Waals surface area contributed by atoms with Gasteiger partial charge in [-0.2, -0.15) is 0 Å². The number of carbonyl (C=O) groups is 4. The van der Waals surface area contributed by atoms with Gasteiger partial charge in [0.1, 0.15) is 18.5 Å². The van der Waals surface area contributed by atoms with Crippen LogP contribution < -0.4 is 10.5 Å². The van der Waals surface area contributed by atoms with Crippen LogP contribution in [0.3, 0.4) is 0 Å². The molecule has 0 bridgehead atoms. The topological polar surface area (TPSA) is 131 Å². The van der Waals surface area contributed by atoms with Crippen molar-refractivity contribution in [3.63, 3.8) is 0 Å². The van der Waals surface area contributed by atoms with Gasteiger partial charge in [-0.25, -0.2) is 4.79 Å². The zero-order chi connectivity index (χ0) is 19.7. The molecule has 2 atom stereocenters.